The van der Waals surface area contributed by atoms with Crippen molar-refractivity contribution in [3.63, 3.8) is 0 Å². The molecular weight excluding hydrogens is 342 g/mol. The van der Waals surface area contributed by atoms with Crippen molar-refractivity contribution in [2.45, 2.75) is 6.42 Å². The molecule has 0 radical (unpaired) electrons. The number of fused-ring (bicyclic) bond motifs is 1. The van der Waals surface area contributed by atoms with Gasteiger partial charge in [-0.1, -0.05) is 29.8 Å². The smallest absolute Gasteiger partial charge is 0.310 e. The molecule has 1 aromatic heterocycles. The van der Waals surface area contributed by atoms with E-state index < -0.39 is 5.97 Å². The van der Waals surface area contributed by atoms with Crippen LogP contribution < -0.4 is 4.74 Å². The first-order valence-corrected chi connectivity index (χ1v) is 7.97. The highest BCUT2D eigenvalue weighted by molar-refractivity contribution is 6.31. The summed E-state index contributed by atoms with van der Waals surface area (Å²) in [5.41, 5.74) is 2.00. The number of ether oxygens (including phenoxy) is 2. The van der Waals surface area contributed by atoms with Crippen LogP contribution in [0.25, 0.3) is 10.9 Å². The van der Waals surface area contributed by atoms with Crippen LogP contribution >= 0.6 is 11.6 Å². The van der Waals surface area contributed by atoms with Gasteiger partial charge in [-0.15, -0.1) is 0 Å². The molecule has 6 heteroatoms. The van der Waals surface area contributed by atoms with Gasteiger partial charge in [0.15, 0.2) is 0 Å². The monoisotopic (exact) mass is 357 g/mol. The molecule has 0 aliphatic heterocycles. The van der Waals surface area contributed by atoms with E-state index in [1.165, 1.54) is 14.2 Å². The summed E-state index contributed by atoms with van der Waals surface area (Å²) < 4.78 is 10.0. The number of hydrogen-bond acceptors (Lipinski definition) is 4. The summed E-state index contributed by atoms with van der Waals surface area (Å²) in [5.74, 6) is -0.221. The Morgan fingerprint density at radius 2 is 1.88 bits per heavy atom. The average Bonchev–Trinajstić information content (AvgIpc) is 2.98. The lowest BCUT2D eigenvalue weighted by Gasteiger charge is -2.08. The Labute approximate surface area is 149 Å². The van der Waals surface area contributed by atoms with Crippen LogP contribution in [-0.4, -0.2) is 31.0 Å². The first-order chi connectivity index (χ1) is 12.0. The lowest BCUT2D eigenvalue weighted by Crippen LogP contribution is -2.11. The van der Waals surface area contributed by atoms with Crippen molar-refractivity contribution in [3.05, 3.63) is 64.3 Å². The van der Waals surface area contributed by atoms with Gasteiger partial charge in [0.1, 0.15) is 5.75 Å². The van der Waals surface area contributed by atoms with Crippen LogP contribution in [0.2, 0.25) is 5.02 Å². The van der Waals surface area contributed by atoms with Crippen molar-refractivity contribution >= 4 is 34.3 Å². The zero-order valence-corrected chi connectivity index (χ0v) is 14.5. The fourth-order valence-corrected chi connectivity index (χ4v) is 2.96. The molecular formula is C19H16ClNO4. The number of esters is 1. The molecule has 0 spiro atoms. The highest BCUT2D eigenvalue weighted by Crippen LogP contribution is 2.29. The first-order valence-electron chi connectivity index (χ1n) is 7.59. The molecule has 1 N–H and O–H groups in total. The van der Waals surface area contributed by atoms with Crippen LogP contribution in [0, 0.1) is 0 Å². The second-order valence-corrected chi connectivity index (χ2v) is 5.89. The van der Waals surface area contributed by atoms with E-state index in [4.69, 9.17) is 21.1 Å². The topological polar surface area (TPSA) is 68.4 Å². The van der Waals surface area contributed by atoms with E-state index in [2.05, 4.69) is 4.98 Å². The third kappa shape index (κ3) is 3.23. The van der Waals surface area contributed by atoms with Gasteiger partial charge in [0.25, 0.3) is 0 Å². The molecule has 0 amide bonds. The zero-order valence-electron chi connectivity index (χ0n) is 13.8. The predicted molar refractivity (Wildman–Crippen MR) is 95.5 cm³/mol. The number of benzene rings is 2. The number of aromatic amines is 1. The molecule has 3 aromatic rings. The maximum atomic E-state index is 13.1. The number of rotatable bonds is 5. The summed E-state index contributed by atoms with van der Waals surface area (Å²) in [4.78, 5) is 28.0. The van der Waals surface area contributed by atoms with Gasteiger partial charge in [0, 0.05) is 21.5 Å². The third-order valence-corrected chi connectivity index (χ3v) is 4.23. The number of para-hydroxylation sites is 1. The van der Waals surface area contributed by atoms with Crippen molar-refractivity contribution in [1.82, 2.24) is 4.98 Å². The van der Waals surface area contributed by atoms with Gasteiger partial charge in [0.2, 0.25) is 5.78 Å². The zero-order chi connectivity index (χ0) is 18.0. The molecule has 25 heavy (non-hydrogen) atoms. The molecule has 0 aliphatic carbocycles. The molecule has 5 nitrogen and oxygen atoms in total. The predicted octanol–water partition coefficient (Wildman–Crippen LogP) is 3.78. The molecule has 0 aliphatic rings. The number of carbonyl (C=O) groups excluding carboxylic acids is 2. The van der Waals surface area contributed by atoms with Gasteiger partial charge >= 0.3 is 5.97 Å². The number of ketones is 1. The van der Waals surface area contributed by atoms with E-state index in [0.717, 1.165) is 5.39 Å². The molecule has 0 unspecified atom stereocenters. The van der Waals surface area contributed by atoms with Crippen molar-refractivity contribution in [1.29, 1.82) is 0 Å². The summed E-state index contributed by atoms with van der Waals surface area (Å²) >= 11 is 6.04. The maximum Gasteiger partial charge on any atom is 0.310 e. The molecule has 1 heterocycles. The maximum absolute atomic E-state index is 13.1. The Hall–Kier alpha value is -2.79. The van der Waals surface area contributed by atoms with E-state index in [1.54, 1.807) is 42.5 Å². The second-order valence-electron chi connectivity index (χ2n) is 5.45. The number of hydrogen-bond donors (Lipinski definition) is 1. The van der Waals surface area contributed by atoms with Crippen molar-refractivity contribution < 1.29 is 19.1 Å². The fraction of sp³-hybridized carbons (Fsp3) is 0.158. The number of H-pyrrole nitrogens is 1. The number of carbonyl (C=O) groups is 2. The lowest BCUT2D eigenvalue weighted by atomic mass is 10.0. The molecule has 128 valence electrons. The second kappa shape index (κ2) is 6.99. The van der Waals surface area contributed by atoms with Crippen LogP contribution in [-0.2, 0) is 16.0 Å². The fourth-order valence-electron chi connectivity index (χ4n) is 2.79. The number of methoxy groups -OCH3 is 2. The van der Waals surface area contributed by atoms with E-state index in [-0.39, 0.29) is 12.2 Å². The lowest BCUT2D eigenvalue weighted by molar-refractivity contribution is -0.139. The normalized spacial score (nSPS) is 10.7. The van der Waals surface area contributed by atoms with Crippen molar-refractivity contribution in [2.75, 3.05) is 14.2 Å². The number of aromatic nitrogens is 1. The van der Waals surface area contributed by atoms with Crippen LogP contribution in [0.4, 0.5) is 0 Å². The SMILES string of the molecule is COC(=O)Cc1c(C(=O)c2ccccc2OC)[nH]c2cc(Cl)ccc12. The standard InChI is InChI=1S/C19H16ClNO4/c1-24-16-6-4-3-5-13(16)19(23)18-14(10-17(22)25-2)12-8-7-11(20)9-15(12)21-18/h3-9,21H,10H2,1-2H3. The summed E-state index contributed by atoms with van der Waals surface area (Å²) in [6.07, 6.45) is -0.0195. The largest absolute Gasteiger partial charge is 0.496 e. The van der Waals surface area contributed by atoms with Gasteiger partial charge in [-0.2, -0.15) is 0 Å². The van der Waals surface area contributed by atoms with Gasteiger partial charge in [0.05, 0.1) is 31.9 Å². The summed E-state index contributed by atoms with van der Waals surface area (Å²) in [7, 11) is 2.82. The van der Waals surface area contributed by atoms with E-state index in [9.17, 15) is 9.59 Å². The van der Waals surface area contributed by atoms with Crippen LogP contribution in [0.1, 0.15) is 21.6 Å². The first kappa shape index (κ1) is 17.0. The van der Waals surface area contributed by atoms with Gasteiger partial charge in [-0.25, -0.2) is 0 Å². The molecule has 0 atom stereocenters. The van der Waals surface area contributed by atoms with Gasteiger partial charge in [-0.05, 0) is 24.3 Å². The van der Waals surface area contributed by atoms with Crippen LogP contribution in [0.15, 0.2) is 42.5 Å². The Bertz CT molecular complexity index is 961. The third-order valence-electron chi connectivity index (χ3n) is 4.00. The quantitative estimate of drug-likeness (QED) is 0.557. The molecule has 2 aromatic carbocycles. The Morgan fingerprint density at radius 1 is 1.12 bits per heavy atom. The Morgan fingerprint density at radius 3 is 2.60 bits per heavy atom. The van der Waals surface area contributed by atoms with Gasteiger partial charge in [-0.3, -0.25) is 9.59 Å². The minimum atomic E-state index is -0.426. The summed E-state index contributed by atoms with van der Waals surface area (Å²) in [6.45, 7) is 0. The highest BCUT2D eigenvalue weighted by atomic mass is 35.5. The van der Waals surface area contributed by atoms with E-state index >= 15 is 0 Å². The Balaban J connectivity index is 2.18. The minimum Gasteiger partial charge on any atom is -0.496 e. The molecule has 0 saturated carbocycles. The van der Waals surface area contributed by atoms with E-state index in [0.29, 0.717) is 33.1 Å². The average molecular weight is 358 g/mol. The number of halogens is 1. The summed E-state index contributed by atoms with van der Waals surface area (Å²) in [6, 6.07) is 12.2. The van der Waals surface area contributed by atoms with Gasteiger partial charge < -0.3 is 14.5 Å². The van der Waals surface area contributed by atoms with E-state index in [1.807, 2.05) is 0 Å². The molecule has 3 rings (SSSR count). The van der Waals surface area contributed by atoms with Crippen molar-refractivity contribution in [2.24, 2.45) is 0 Å². The van der Waals surface area contributed by atoms with Crippen LogP contribution in [0.5, 0.6) is 5.75 Å². The number of nitrogens with one attached hydrogen (secondary N) is 1. The highest BCUT2D eigenvalue weighted by Gasteiger charge is 2.23. The summed E-state index contributed by atoms with van der Waals surface area (Å²) in [5, 5.41) is 1.29. The van der Waals surface area contributed by atoms with Crippen molar-refractivity contribution in [3.8, 4) is 5.75 Å². The Kier molecular flexibility index (Phi) is 4.76. The van der Waals surface area contributed by atoms with Crippen LogP contribution in [0.3, 0.4) is 0 Å². The molecule has 0 bridgehead atoms. The minimum absolute atomic E-state index is 0.0195. The molecule has 0 fully saturated rings. The molecule has 0 saturated heterocycles.